The van der Waals surface area contributed by atoms with Crippen LogP contribution in [0.15, 0.2) is 84.9 Å². The van der Waals surface area contributed by atoms with Crippen LogP contribution in [0.2, 0.25) is 0 Å². The molecule has 3 rings (SSSR count). The third kappa shape index (κ3) is 2.50. The van der Waals surface area contributed by atoms with Crippen molar-refractivity contribution in [2.75, 3.05) is 0 Å². The van der Waals surface area contributed by atoms with Gasteiger partial charge in [-0.3, -0.25) is 0 Å². The molecule has 0 nitrogen and oxygen atoms in total. The van der Waals surface area contributed by atoms with Crippen molar-refractivity contribution in [1.82, 2.24) is 0 Å². The second kappa shape index (κ2) is 5.75. The molecule has 3 aromatic carbocycles. The predicted octanol–water partition coefficient (Wildman–Crippen LogP) is 2.34. The molecule has 0 aliphatic heterocycles. The first-order valence-corrected chi connectivity index (χ1v) is 6.70. The smallest absolute Gasteiger partial charge is 0.208 e. The molecule has 0 unspecified atom stereocenters. The van der Waals surface area contributed by atoms with Crippen LogP contribution in [0.25, 0.3) is 0 Å². The molecule has 0 aliphatic rings. The third-order valence-electron chi connectivity index (χ3n) is 3.48. The van der Waals surface area contributed by atoms with Gasteiger partial charge in [-0.05, 0) is 11.5 Å². The molecule has 3 aromatic rings. The zero-order valence-corrected chi connectivity index (χ0v) is 11.0. The Kier molecular flexibility index (Phi) is 3.64. The van der Waals surface area contributed by atoms with Gasteiger partial charge in [-0.25, -0.2) is 4.39 Å². The van der Waals surface area contributed by atoms with E-state index in [4.69, 9.17) is 0 Å². The molecule has 0 bridgehead atoms. The van der Waals surface area contributed by atoms with Crippen molar-refractivity contribution in [1.29, 1.82) is 0 Å². The second-order valence-electron chi connectivity index (χ2n) is 4.78. The highest BCUT2D eigenvalue weighted by Crippen LogP contribution is 1.99. The molecule has 0 atom stereocenters. The van der Waals surface area contributed by atoms with Gasteiger partial charge in [0.15, 0.2) is 0 Å². The first-order valence-electron chi connectivity index (χ1n) is 6.70. The van der Waals surface area contributed by atoms with Crippen molar-refractivity contribution in [3.05, 3.63) is 90.7 Å². The van der Waals surface area contributed by atoms with Crippen molar-refractivity contribution in [2.24, 2.45) is 0 Å². The number of hydrogen-bond donors (Lipinski definition) is 0. The Morgan fingerprint density at radius 1 is 0.550 bits per heavy atom. The number of rotatable bonds is 3. The molecule has 0 heterocycles. The van der Waals surface area contributed by atoms with E-state index in [0.717, 1.165) is 10.9 Å². The van der Waals surface area contributed by atoms with Gasteiger partial charge < -0.3 is 0 Å². The minimum absolute atomic E-state index is 0.0707. The molecular formula is C18H14BF. The number of halogens is 1. The molecule has 0 amide bonds. The summed E-state index contributed by atoms with van der Waals surface area (Å²) in [4.78, 5) is 0. The van der Waals surface area contributed by atoms with Crippen LogP contribution in [0, 0.1) is 5.82 Å². The van der Waals surface area contributed by atoms with Crippen LogP contribution >= 0.6 is 0 Å². The molecule has 0 fully saturated rings. The van der Waals surface area contributed by atoms with E-state index in [1.54, 1.807) is 6.07 Å². The standard InChI is InChI=1S/C18H14BF/c20-18-14-8-7-13-17(18)19(15-9-3-1-4-10-15)16-11-5-2-6-12-16/h1-14H. The minimum Gasteiger partial charge on any atom is -0.208 e. The van der Waals surface area contributed by atoms with Crippen LogP contribution in [-0.4, -0.2) is 6.71 Å². The average Bonchev–Trinajstić information content (AvgIpc) is 2.52. The Bertz CT molecular complexity index is 641. The summed E-state index contributed by atoms with van der Waals surface area (Å²) in [7, 11) is 0. The quantitative estimate of drug-likeness (QED) is 0.634. The van der Waals surface area contributed by atoms with Gasteiger partial charge in [0, 0.05) is 0 Å². The molecule has 0 saturated carbocycles. The fourth-order valence-corrected chi connectivity index (χ4v) is 2.55. The molecule has 0 saturated heterocycles. The van der Waals surface area contributed by atoms with E-state index in [1.807, 2.05) is 72.8 Å². The lowest BCUT2D eigenvalue weighted by Crippen LogP contribution is -2.53. The lowest BCUT2D eigenvalue weighted by Gasteiger charge is -2.16. The Hall–Kier alpha value is -2.35. The van der Waals surface area contributed by atoms with Gasteiger partial charge >= 0.3 is 0 Å². The van der Waals surface area contributed by atoms with Crippen LogP contribution in [0.5, 0.6) is 0 Å². The maximum Gasteiger partial charge on any atom is 0.244 e. The Morgan fingerprint density at radius 2 is 1.00 bits per heavy atom. The van der Waals surface area contributed by atoms with Crippen LogP contribution in [0.4, 0.5) is 4.39 Å². The summed E-state index contributed by atoms with van der Waals surface area (Å²) in [6.07, 6.45) is 0. The number of hydrogen-bond acceptors (Lipinski definition) is 0. The second-order valence-corrected chi connectivity index (χ2v) is 4.78. The van der Waals surface area contributed by atoms with Gasteiger partial charge in [0.25, 0.3) is 0 Å². The van der Waals surface area contributed by atoms with Gasteiger partial charge in [-0.15, -0.1) is 0 Å². The third-order valence-corrected chi connectivity index (χ3v) is 3.48. The first-order chi connectivity index (χ1) is 9.86. The van der Waals surface area contributed by atoms with Gasteiger partial charge in [-0.1, -0.05) is 89.8 Å². The lowest BCUT2D eigenvalue weighted by molar-refractivity contribution is 0.635. The van der Waals surface area contributed by atoms with E-state index in [-0.39, 0.29) is 12.5 Å². The van der Waals surface area contributed by atoms with Crippen LogP contribution in [-0.2, 0) is 0 Å². The fraction of sp³-hybridized carbons (Fsp3) is 0. The minimum atomic E-state index is -0.162. The monoisotopic (exact) mass is 260 g/mol. The zero-order valence-electron chi connectivity index (χ0n) is 11.0. The summed E-state index contributed by atoms with van der Waals surface area (Å²) < 4.78 is 14.2. The molecule has 0 N–H and O–H groups in total. The van der Waals surface area contributed by atoms with E-state index < -0.39 is 0 Å². The lowest BCUT2D eigenvalue weighted by atomic mass is 9.37. The largest absolute Gasteiger partial charge is 0.244 e. The van der Waals surface area contributed by atoms with E-state index in [0.29, 0.717) is 5.46 Å². The topological polar surface area (TPSA) is 0 Å². The van der Waals surface area contributed by atoms with E-state index in [9.17, 15) is 4.39 Å². The normalized spacial score (nSPS) is 10.2. The van der Waals surface area contributed by atoms with Crippen molar-refractivity contribution in [3.63, 3.8) is 0 Å². The highest BCUT2D eigenvalue weighted by atomic mass is 19.1. The SMILES string of the molecule is Fc1ccccc1B(c1ccccc1)c1ccccc1. The van der Waals surface area contributed by atoms with Gasteiger partial charge in [0.1, 0.15) is 5.82 Å². The molecule has 96 valence electrons. The predicted molar refractivity (Wildman–Crippen MR) is 83.9 cm³/mol. The summed E-state index contributed by atoms with van der Waals surface area (Å²) in [5.74, 6) is -0.162. The Labute approximate surface area is 119 Å². The van der Waals surface area contributed by atoms with Crippen LogP contribution in [0.3, 0.4) is 0 Å². The van der Waals surface area contributed by atoms with Crippen molar-refractivity contribution in [3.8, 4) is 0 Å². The van der Waals surface area contributed by atoms with Crippen molar-refractivity contribution < 1.29 is 4.39 Å². The summed E-state index contributed by atoms with van der Waals surface area (Å²) >= 11 is 0. The highest BCUT2D eigenvalue weighted by molar-refractivity contribution is 6.95. The van der Waals surface area contributed by atoms with Crippen LogP contribution < -0.4 is 16.4 Å². The molecule has 2 heteroatoms. The van der Waals surface area contributed by atoms with Gasteiger partial charge in [-0.2, -0.15) is 0 Å². The first kappa shape index (κ1) is 12.7. The van der Waals surface area contributed by atoms with E-state index in [1.165, 1.54) is 6.07 Å². The number of benzene rings is 3. The van der Waals surface area contributed by atoms with E-state index >= 15 is 0 Å². The summed E-state index contributed by atoms with van der Waals surface area (Å²) in [6, 6.07) is 27.1. The Morgan fingerprint density at radius 3 is 1.50 bits per heavy atom. The molecule has 0 aliphatic carbocycles. The summed E-state index contributed by atoms with van der Waals surface area (Å²) in [6.45, 7) is -0.0707. The summed E-state index contributed by atoms with van der Waals surface area (Å²) in [5, 5.41) is 0. The molecular weight excluding hydrogens is 246 g/mol. The molecule has 0 spiro atoms. The van der Waals surface area contributed by atoms with E-state index in [2.05, 4.69) is 0 Å². The van der Waals surface area contributed by atoms with Crippen molar-refractivity contribution >= 4 is 23.1 Å². The molecule has 0 aromatic heterocycles. The maximum atomic E-state index is 14.2. The van der Waals surface area contributed by atoms with Crippen molar-refractivity contribution in [2.45, 2.75) is 0 Å². The maximum absolute atomic E-state index is 14.2. The molecule has 0 radical (unpaired) electrons. The highest BCUT2D eigenvalue weighted by Gasteiger charge is 2.23. The summed E-state index contributed by atoms with van der Waals surface area (Å²) in [5.41, 5.74) is 2.91. The zero-order chi connectivity index (χ0) is 13.8. The van der Waals surface area contributed by atoms with Crippen LogP contribution in [0.1, 0.15) is 0 Å². The fourth-order valence-electron chi connectivity index (χ4n) is 2.55. The van der Waals surface area contributed by atoms with Gasteiger partial charge in [0.2, 0.25) is 6.71 Å². The molecule has 20 heavy (non-hydrogen) atoms. The Balaban J connectivity index is 2.17. The average molecular weight is 260 g/mol. The van der Waals surface area contributed by atoms with Gasteiger partial charge in [0.05, 0.1) is 0 Å².